The largest absolute Gasteiger partial charge is 0.393 e. The van der Waals surface area contributed by atoms with Crippen molar-refractivity contribution in [2.24, 2.45) is 52.3 Å². The third kappa shape index (κ3) is 3.89. The first-order valence-corrected chi connectivity index (χ1v) is 13.7. The van der Waals surface area contributed by atoms with E-state index in [4.69, 9.17) is 0 Å². The molecule has 3 saturated carbocycles. The molecule has 0 aromatic carbocycles. The monoisotopic (exact) mass is 426 g/mol. The van der Waals surface area contributed by atoms with Gasteiger partial charge in [-0.25, -0.2) is 0 Å². The van der Waals surface area contributed by atoms with Crippen molar-refractivity contribution in [1.82, 2.24) is 0 Å². The predicted molar refractivity (Wildman–Crippen MR) is 133 cm³/mol. The van der Waals surface area contributed by atoms with E-state index in [9.17, 15) is 5.11 Å². The molecule has 3 fully saturated rings. The maximum absolute atomic E-state index is 10.3. The molecule has 0 amide bonds. The zero-order valence-electron chi connectivity index (χ0n) is 21.4. The summed E-state index contributed by atoms with van der Waals surface area (Å²) in [5, 5.41) is 10.3. The van der Waals surface area contributed by atoms with Crippen LogP contribution in [0.3, 0.4) is 0 Å². The van der Waals surface area contributed by atoms with Gasteiger partial charge < -0.3 is 5.11 Å². The molecule has 4 rings (SSSR count). The van der Waals surface area contributed by atoms with Crippen LogP contribution < -0.4 is 0 Å². The highest BCUT2D eigenvalue weighted by molar-refractivity contribution is 5.25. The highest BCUT2D eigenvalue weighted by Crippen LogP contribution is 2.67. The SMILES string of the molecule is C=C(C(C)CC)C(C)C[C@@H](C)[C@H]1CCC2C3CC=C4C[C@@H](O)CC[C@]4(C)C3CC[C@@]21C. The molecule has 0 heterocycles. The van der Waals surface area contributed by atoms with Crippen LogP contribution >= 0.6 is 0 Å². The summed E-state index contributed by atoms with van der Waals surface area (Å²) in [6.07, 6.45) is 15.2. The lowest BCUT2D eigenvalue weighted by Gasteiger charge is -2.58. The van der Waals surface area contributed by atoms with Gasteiger partial charge in [-0.15, -0.1) is 0 Å². The van der Waals surface area contributed by atoms with E-state index in [0.717, 1.165) is 42.4 Å². The molecule has 1 nitrogen and oxygen atoms in total. The quantitative estimate of drug-likeness (QED) is 0.424. The Labute approximate surface area is 193 Å². The Morgan fingerprint density at radius 1 is 1.06 bits per heavy atom. The molecule has 0 saturated heterocycles. The zero-order chi connectivity index (χ0) is 22.6. The molecule has 0 aromatic heterocycles. The number of fused-ring (bicyclic) bond motifs is 5. The maximum atomic E-state index is 10.3. The van der Waals surface area contributed by atoms with Crippen molar-refractivity contribution in [1.29, 1.82) is 0 Å². The molecule has 0 bridgehead atoms. The van der Waals surface area contributed by atoms with E-state index in [1.54, 1.807) is 5.57 Å². The van der Waals surface area contributed by atoms with Crippen LogP contribution in [0.2, 0.25) is 0 Å². The standard InChI is InChI=1S/C30H50O/c1-8-19(2)22(5)20(3)17-21(4)26-11-12-27-25-10-9-23-18-24(31)13-15-29(23,6)28(25)14-16-30(26,27)7/h9,19-21,24-28,31H,5,8,10-18H2,1-4,6-7H3/t19?,20?,21-,24+,25?,26-,27?,28?,29+,30-/m1/s1. The molecule has 1 heteroatoms. The molecular weight excluding hydrogens is 376 g/mol. The molecular formula is C30H50O. The maximum Gasteiger partial charge on any atom is 0.0577 e. The Morgan fingerprint density at radius 3 is 2.52 bits per heavy atom. The molecule has 0 spiro atoms. The van der Waals surface area contributed by atoms with Crippen LogP contribution in [-0.2, 0) is 0 Å². The van der Waals surface area contributed by atoms with Gasteiger partial charge in [0.15, 0.2) is 0 Å². The highest BCUT2D eigenvalue weighted by atomic mass is 16.3. The van der Waals surface area contributed by atoms with Gasteiger partial charge in [0, 0.05) is 0 Å². The summed E-state index contributed by atoms with van der Waals surface area (Å²) in [6, 6.07) is 0. The third-order valence-electron chi connectivity index (χ3n) is 11.4. The Morgan fingerprint density at radius 2 is 1.81 bits per heavy atom. The number of aliphatic hydroxyl groups excluding tert-OH is 1. The lowest BCUT2D eigenvalue weighted by Crippen LogP contribution is -2.50. The van der Waals surface area contributed by atoms with Crippen molar-refractivity contribution < 1.29 is 5.11 Å². The summed E-state index contributed by atoms with van der Waals surface area (Å²) < 4.78 is 0. The van der Waals surface area contributed by atoms with Gasteiger partial charge >= 0.3 is 0 Å². The van der Waals surface area contributed by atoms with Crippen LogP contribution in [0.1, 0.15) is 106 Å². The Bertz CT molecular complexity index is 705. The number of allylic oxidation sites excluding steroid dienone is 2. The fraction of sp³-hybridized carbons (Fsp3) is 0.867. The summed E-state index contributed by atoms with van der Waals surface area (Å²) in [7, 11) is 0. The van der Waals surface area contributed by atoms with Crippen molar-refractivity contribution >= 4 is 0 Å². The van der Waals surface area contributed by atoms with Crippen molar-refractivity contribution in [3.8, 4) is 0 Å². The summed E-state index contributed by atoms with van der Waals surface area (Å²) in [5.41, 5.74) is 4.00. The third-order valence-corrected chi connectivity index (χ3v) is 11.4. The molecule has 0 aromatic rings. The molecule has 10 atom stereocenters. The second-order valence-electron chi connectivity index (χ2n) is 12.9. The second kappa shape index (κ2) is 8.66. The molecule has 0 radical (unpaired) electrons. The summed E-state index contributed by atoms with van der Waals surface area (Å²) in [6.45, 7) is 19.4. The molecule has 1 N–H and O–H groups in total. The lowest BCUT2D eigenvalue weighted by atomic mass is 9.47. The van der Waals surface area contributed by atoms with E-state index >= 15 is 0 Å². The topological polar surface area (TPSA) is 20.2 Å². The first kappa shape index (κ1) is 23.6. The first-order valence-electron chi connectivity index (χ1n) is 13.7. The fourth-order valence-electron chi connectivity index (χ4n) is 9.24. The van der Waals surface area contributed by atoms with Gasteiger partial charge in [-0.1, -0.05) is 65.3 Å². The van der Waals surface area contributed by atoms with Gasteiger partial charge in [-0.05, 0) is 116 Å². The van der Waals surface area contributed by atoms with Gasteiger partial charge in [0.1, 0.15) is 0 Å². The Hall–Kier alpha value is -0.560. The van der Waals surface area contributed by atoms with Crippen LogP contribution in [-0.4, -0.2) is 11.2 Å². The molecule has 31 heavy (non-hydrogen) atoms. The van der Waals surface area contributed by atoms with Crippen molar-refractivity contribution in [2.45, 2.75) is 112 Å². The smallest absolute Gasteiger partial charge is 0.0577 e. The average Bonchev–Trinajstić information content (AvgIpc) is 3.10. The highest BCUT2D eigenvalue weighted by Gasteiger charge is 2.59. The van der Waals surface area contributed by atoms with Crippen molar-refractivity contribution in [3.63, 3.8) is 0 Å². The van der Waals surface area contributed by atoms with Crippen molar-refractivity contribution in [3.05, 3.63) is 23.8 Å². The van der Waals surface area contributed by atoms with Gasteiger partial charge in [0.05, 0.1) is 6.10 Å². The minimum atomic E-state index is -0.0893. The van der Waals surface area contributed by atoms with Crippen LogP contribution in [0.25, 0.3) is 0 Å². The molecule has 4 aliphatic carbocycles. The van der Waals surface area contributed by atoms with Crippen LogP contribution in [0.4, 0.5) is 0 Å². The van der Waals surface area contributed by atoms with E-state index in [1.165, 1.54) is 56.9 Å². The van der Waals surface area contributed by atoms with E-state index in [2.05, 4.69) is 54.2 Å². The molecule has 5 unspecified atom stereocenters. The van der Waals surface area contributed by atoms with E-state index in [0.29, 0.717) is 22.7 Å². The number of aliphatic hydroxyl groups is 1. The summed E-state index contributed by atoms with van der Waals surface area (Å²) in [5.74, 6) is 5.64. The van der Waals surface area contributed by atoms with Crippen LogP contribution in [0, 0.1) is 52.3 Å². The van der Waals surface area contributed by atoms with Gasteiger partial charge in [-0.2, -0.15) is 0 Å². The van der Waals surface area contributed by atoms with E-state index < -0.39 is 0 Å². The number of hydrogen-bond donors (Lipinski definition) is 1. The zero-order valence-corrected chi connectivity index (χ0v) is 21.4. The minimum absolute atomic E-state index is 0.0893. The first-order chi connectivity index (χ1) is 14.6. The summed E-state index contributed by atoms with van der Waals surface area (Å²) in [4.78, 5) is 0. The van der Waals surface area contributed by atoms with Gasteiger partial charge in [0.2, 0.25) is 0 Å². The minimum Gasteiger partial charge on any atom is -0.393 e. The molecule has 4 aliphatic rings. The average molecular weight is 427 g/mol. The molecule has 176 valence electrons. The second-order valence-corrected chi connectivity index (χ2v) is 12.9. The van der Waals surface area contributed by atoms with E-state index in [1.807, 2.05) is 0 Å². The Kier molecular flexibility index (Phi) is 6.59. The fourth-order valence-corrected chi connectivity index (χ4v) is 9.24. The van der Waals surface area contributed by atoms with Crippen LogP contribution in [0.15, 0.2) is 23.8 Å². The van der Waals surface area contributed by atoms with Crippen LogP contribution in [0.5, 0.6) is 0 Å². The van der Waals surface area contributed by atoms with Gasteiger partial charge in [-0.3, -0.25) is 0 Å². The normalized spacial score (nSPS) is 45.0. The van der Waals surface area contributed by atoms with Crippen molar-refractivity contribution in [2.75, 3.05) is 0 Å². The number of rotatable bonds is 6. The van der Waals surface area contributed by atoms with Gasteiger partial charge in [0.25, 0.3) is 0 Å². The predicted octanol–water partition coefficient (Wildman–Crippen LogP) is 8.19. The summed E-state index contributed by atoms with van der Waals surface area (Å²) >= 11 is 0. The molecule has 0 aliphatic heterocycles. The Balaban J connectivity index is 1.49. The van der Waals surface area contributed by atoms with E-state index in [-0.39, 0.29) is 6.10 Å². The number of hydrogen-bond acceptors (Lipinski definition) is 1. The lowest BCUT2D eigenvalue weighted by molar-refractivity contribution is -0.0577.